The average Bonchev–Trinajstić information content (AvgIpc) is 3.19. The first-order valence-corrected chi connectivity index (χ1v) is 8.48. The molecule has 0 atom stereocenters. The van der Waals surface area contributed by atoms with Crippen LogP contribution in [0.4, 0.5) is 5.13 Å². The number of aromatic nitrogens is 4. The molecule has 0 radical (unpaired) electrons. The Bertz CT molecular complexity index is 922. The summed E-state index contributed by atoms with van der Waals surface area (Å²) in [4.78, 5) is 21.7. The maximum Gasteiger partial charge on any atom is 0.258 e. The molecule has 0 bridgehead atoms. The van der Waals surface area contributed by atoms with Crippen LogP contribution in [0.5, 0.6) is 0 Å². The molecular formula is C16H17N5OS. The SMILES string of the molecule is Cc1cc(C(=O)Nc2nc(C3CC3)cs2)c2c(C)nn(C)c2n1. The minimum Gasteiger partial charge on any atom is -0.298 e. The predicted octanol–water partition coefficient (Wildman–Crippen LogP) is 3.17. The van der Waals surface area contributed by atoms with E-state index in [9.17, 15) is 4.79 Å². The molecule has 3 heterocycles. The van der Waals surface area contributed by atoms with Crippen molar-refractivity contribution in [2.75, 3.05) is 5.32 Å². The number of pyridine rings is 1. The Morgan fingerprint density at radius 1 is 1.35 bits per heavy atom. The van der Waals surface area contributed by atoms with Gasteiger partial charge in [0, 0.05) is 24.0 Å². The monoisotopic (exact) mass is 327 g/mol. The lowest BCUT2D eigenvalue weighted by molar-refractivity contribution is 0.102. The third-order valence-electron chi connectivity index (χ3n) is 4.08. The number of nitrogens with one attached hydrogen (secondary N) is 1. The third kappa shape index (κ3) is 2.50. The van der Waals surface area contributed by atoms with Gasteiger partial charge in [0.1, 0.15) is 0 Å². The maximum atomic E-state index is 12.7. The molecule has 0 aliphatic heterocycles. The van der Waals surface area contributed by atoms with Crippen molar-refractivity contribution in [3.63, 3.8) is 0 Å². The molecule has 0 spiro atoms. The van der Waals surface area contributed by atoms with Gasteiger partial charge in [-0.05, 0) is 32.8 Å². The summed E-state index contributed by atoms with van der Waals surface area (Å²) in [6, 6.07) is 1.81. The minimum atomic E-state index is -0.159. The number of hydrogen-bond acceptors (Lipinski definition) is 5. The fourth-order valence-electron chi connectivity index (χ4n) is 2.82. The molecule has 3 aromatic rings. The highest BCUT2D eigenvalue weighted by Crippen LogP contribution is 2.41. The van der Waals surface area contributed by atoms with E-state index in [4.69, 9.17) is 0 Å². The van der Waals surface area contributed by atoms with Gasteiger partial charge in [0.25, 0.3) is 5.91 Å². The van der Waals surface area contributed by atoms with E-state index in [-0.39, 0.29) is 5.91 Å². The van der Waals surface area contributed by atoms with Gasteiger partial charge in [0.15, 0.2) is 10.8 Å². The molecule has 0 unspecified atom stereocenters. The maximum absolute atomic E-state index is 12.7. The average molecular weight is 327 g/mol. The van der Waals surface area contributed by atoms with Crippen molar-refractivity contribution < 1.29 is 4.79 Å². The van der Waals surface area contributed by atoms with Crippen molar-refractivity contribution in [1.82, 2.24) is 19.7 Å². The molecule has 1 N–H and O–H groups in total. The summed E-state index contributed by atoms with van der Waals surface area (Å²) in [5.74, 6) is 0.431. The summed E-state index contributed by atoms with van der Waals surface area (Å²) in [6.07, 6.45) is 2.41. The molecule has 0 aromatic carbocycles. The third-order valence-corrected chi connectivity index (χ3v) is 4.86. The molecule has 1 aliphatic carbocycles. The zero-order valence-electron chi connectivity index (χ0n) is 13.3. The predicted molar refractivity (Wildman–Crippen MR) is 90.0 cm³/mol. The van der Waals surface area contributed by atoms with Crippen LogP contribution in [0, 0.1) is 13.8 Å². The van der Waals surface area contributed by atoms with E-state index in [0.29, 0.717) is 16.6 Å². The van der Waals surface area contributed by atoms with Crippen LogP contribution in [0.1, 0.15) is 46.2 Å². The standard InChI is InChI=1S/C16H17N5OS/c1-8-6-11(13-9(2)20-21(3)14(13)17-8)15(22)19-16-18-12(7-23-16)10-4-5-10/h6-7,10H,4-5H2,1-3H3,(H,18,19,22). The Morgan fingerprint density at radius 3 is 2.87 bits per heavy atom. The smallest absolute Gasteiger partial charge is 0.258 e. The largest absolute Gasteiger partial charge is 0.298 e. The van der Waals surface area contributed by atoms with Crippen LogP contribution in [-0.2, 0) is 7.05 Å². The molecule has 1 aliphatic rings. The highest BCUT2D eigenvalue weighted by Gasteiger charge is 2.26. The second-order valence-electron chi connectivity index (χ2n) is 6.02. The summed E-state index contributed by atoms with van der Waals surface area (Å²) in [5, 5.41) is 10.8. The molecule has 3 aromatic heterocycles. The Kier molecular flexibility index (Phi) is 3.19. The van der Waals surface area contributed by atoms with Crippen molar-refractivity contribution >= 4 is 33.4 Å². The molecule has 7 heteroatoms. The zero-order valence-corrected chi connectivity index (χ0v) is 14.1. The highest BCUT2D eigenvalue weighted by molar-refractivity contribution is 7.14. The number of rotatable bonds is 3. The van der Waals surface area contributed by atoms with E-state index in [1.165, 1.54) is 24.2 Å². The minimum absolute atomic E-state index is 0.159. The summed E-state index contributed by atoms with van der Waals surface area (Å²) in [6.45, 7) is 3.78. The summed E-state index contributed by atoms with van der Waals surface area (Å²) < 4.78 is 1.71. The molecule has 4 rings (SSSR count). The topological polar surface area (TPSA) is 72.7 Å². The van der Waals surface area contributed by atoms with Crippen molar-refractivity contribution in [2.45, 2.75) is 32.6 Å². The van der Waals surface area contributed by atoms with Crippen LogP contribution in [0.2, 0.25) is 0 Å². The summed E-state index contributed by atoms with van der Waals surface area (Å²) in [5.41, 5.74) is 4.02. The van der Waals surface area contributed by atoms with E-state index in [0.717, 1.165) is 28.1 Å². The van der Waals surface area contributed by atoms with Crippen LogP contribution >= 0.6 is 11.3 Å². The Hall–Kier alpha value is -2.28. The van der Waals surface area contributed by atoms with Crippen LogP contribution in [0.3, 0.4) is 0 Å². The number of carbonyl (C=O) groups excluding carboxylic acids is 1. The van der Waals surface area contributed by atoms with Crippen molar-refractivity contribution in [2.24, 2.45) is 7.05 Å². The van der Waals surface area contributed by atoms with Gasteiger partial charge in [-0.2, -0.15) is 5.10 Å². The van der Waals surface area contributed by atoms with Crippen molar-refractivity contribution in [1.29, 1.82) is 0 Å². The van der Waals surface area contributed by atoms with Gasteiger partial charge >= 0.3 is 0 Å². The summed E-state index contributed by atoms with van der Waals surface area (Å²) >= 11 is 1.48. The van der Waals surface area contributed by atoms with Crippen molar-refractivity contribution in [3.05, 3.63) is 34.1 Å². The van der Waals surface area contributed by atoms with Crippen LogP contribution in [0.15, 0.2) is 11.4 Å². The van der Waals surface area contributed by atoms with E-state index < -0.39 is 0 Å². The van der Waals surface area contributed by atoms with E-state index >= 15 is 0 Å². The Labute approximate surface area is 137 Å². The van der Waals surface area contributed by atoms with Gasteiger partial charge in [0.05, 0.1) is 22.3 Å². The van der Waals surface area contributed by atoms with Gasteiger partial charge < -0.3 is 0 Å². The Morgan fingerprint density at radius 2 is 2.13 bits per heavy atom. The van der Waals surface area contributed by atoms with E-state index in [1.54, 1.807) is 4.68 Å². The molecule has 6 nitrogen and oxygen atoms in total. The van der Waals surface area contributed by atoms with Crippen LogP contribution < -0.4 is 5.32 Å². The van der Waals surface area contributed by atoms with Gasteiger partial charge in [-0.1, -0.05) is 0 Å². The number of nitrogens with zero attached hydrogens (tertiary/aromatic N) is 4. The first-order chi connectivity index (χ1) is 11.0. The normalized spacial score (nSPS) is 14.4. The Balaban J connectivity index is 1.70. The van der Waals surface area contributed by atoms with Crippen molar-refractivity contribution in [3.8, 4) is 0 Å². The molecule has 1 saturated carbocycles. The molecule has 118 valence electrons. The number of hydrogen-bond donors (Lipinski definition) is 1. The van der Waals surface area contributed by atoms with Crippen LogP contribution in [0.25, 0.3) is 11.0 Å². The number of amides is 1. The first-order valence-electron chi connectivity index (χ1n) is 7.60. The number of carbonyl (C=O) groups is 1. The molecule has 1 amide bonds. The molecule has 0 saturated heterocycles. The number of thiazole rings is 1. The lowest BCUT2D eigenvalue weighted by Gasteiger charge is -2.05. The van der Waals surface area contributed by atoms with E-state index in [2.05, 4.69) is 20.4 Å². The highest BCUT2D eigenvalue weighted by atomic mass is 32.1. The number of aryl methyl sites for hydroxylation is 3. The van der Waals surface area contributed by atoms with E-state index in [1.807, 2.05) is 32.3 Å². The summed E-state index contributed by atoms with van der Waals surface area (Å²) in [7, 11) is 1.84. The molecule has 1 fully saturated rings. The van der Waals surface area contributed by atoms with Gasteiger partial charge in [-0.15, -0.1) is 11.3 Å². The quantitative estimate of drug-likeness (QED) is 0.802. The lowest BCUT2D eigenvalue weighted by atomic mass is 10.1. The van der Waals surface area contributed by atoms with Gasteiger partial charge in [-0.25, -0.2) is 9.97 Å². The van der Waals surface area contributed by atoms with Gasteiger partial charge in [0.2, 0.25) is 0 Å². The second-order valence-corrected chi connectivity index (χ2v) is 6.88. The zero-order chi connectivity index (χ0) is 16.1. The molecular weight excluding hydrogens is 310 g/mol. The second kappa shape index (κ2) is 5.13. The van der Waals surface area contributed by atoms with Crippen LogP contribution in [-0.4, -0.2) is 25.7 Å². The fraction of sp³-hybridized carbons (Fsp3) is 0.375. The first kappa shape index (κ1) is 14.3. The molecule has 23 heavy (non-hydrogen) atoms. The van der Waals surface area contributed by atoms with Gasteiger partial charge in [-0.3, -0.25) is 14.8 Å². The lowest BCUT2D eigenvalue weighted by Crippen LogP contribution is -2.13. The number of anilines is 1. The number of fused-ring (bicyclic) bond motifs is 1. The fourth-order valence-corrected chi connectivity index (χ4v) is 3.61.